The second kappa shape index (κ2) is 7.00. The van der Waals surface area contributed by atoms with E-state index in [0.29, 0.717) is 10.6 Å². The minimum absolute atomic E-state index is 0.124. The van der Waals surface area contributed by atoms with E-state index in [-0.39, 0.29) is 17.1 Å². The number of amides is 1. The molecule has 0 fully saturated rings. The normalized spacial score (nSPS) is 20.2. The topological polar surface area (TPSA) is 20.3 Å². The molecule has 0 saturated heterocycles. The summed E-state index contributed by atoms with van der Waals surface area (Å²) in [5, 5.41) is 0.703. The van der Waals surface area contributed by atoms with Gasteiger partial charge in [0.25, 0.3) is 5.91 Å². The average Bonchev–Trinajstić information content (AvgIpc) is 2.68. The van der Waals surface area contributed by atoms with Gasteiger partial charge in [0, 0.05) is 27.2 Å². The lowest BCUT2D eigenvalue weighted by atomic mass is 9.65. The number of carbonyl (C=O) groups is 1. The van der Waals surface area contributed by atoms with Crippen molar-refractivity contribution in [3.8, 4) is 0 Å². The molecule has 0 saturated carbocycles. The van der Waals surface area contributed by atoms with Crippen molar-refractivity contribution in [2.45, 2.75) is 38.1 Å². The van der Waals surface area contributed by atoms with Gasteiger partial charge in [-0.3, -0.25) is 4.79 Å². The molecule has 0 aliphatic carbocycles. The van der Waals surface area contributed by atoms with E-state index in [2.05, 4.69) is 39.0 Å². The minimum Gasteiger partial charge on any atom is -0.302 e. The third-order valence-electron chi connectivity index (χ3n) is 5.91. The highest BCUT2D eigenvalue weighted by molar-refractivity contribution is 6.30. The second-order valence-electron chi connectivity index (χ2n) is 8.49. The molecule has 0 spiro atoms. The van der Waals surface area contributed by atoms with E-state index in [1.165, 1.54) is 12.1 Å². The van der Waals surface area contributed by atoms with E-state index in [0.717, 1.165) is 23.2 Å². The molecule has 0 bridgehead atoms. The molecule has 1 aliphatic rings. The molecular formula is C25H23ClFNO. The summed E-state index contributed by atoms with van der Waals surface area (Å²) in [4.78, 5) is 15.3. The molecule has 29 heavy (non-hydrogen) atoms. The molecule has 1 amide bonds. The molecular weight excluding hydrogens is 385 g/mol. The highest BCUT2D eigenvalue weighted by atomic mass is 35.5. The van der Waals surface area contributed by atoms with Gasteiger partial charge < -0.3 is 4.90 Å². The third-order valence-corrected chi connectivity index (χ3v) is 6.16. The fourth-order valence-electron chi connectivity index (χ4n) is 4.68. The first-order valence-corrected chi connectivity index (χ1v) is 10.1. The first-order chi connectivity index (χ1) is 13.7. The molecule has 4 heteroatoms. The molecule has 3 aromatic rings. The zero-order valence-electron chi connectivity index (χ0n) is 16.7. The van der Waals surface area contributed by atoms with E-state index < -0.39 is 5.54 Å². The van der Waals surface area contributed by atoms with Crippen LogP contribution in [0.15, 0.2) is 72.8 Å². The smallest absolute Gasteiger partial charge is 0.258 e. The molecule has 0 N–H and O–H groups in total. The lowest BCUT2D eigenvalue weighted by Gasteiger charge is -2.51. The Balaban J connectivity index is 1.87. The monoisotopic (exact) mass is 407 g/mol. The number of nitrogens with zero attached hydrogens (tertiary/aromatic N) is 1. The Bertz CT molecular complexity index is 1060. The Morgan fingerprint density at radius 1 is 0.931 bits per heavy atom. The molecule has 0 radical (unpaired) electrons. The van der Waals surface area contributed by atoms with E-state index in [9.17, 15) is 9.18 Å². The Hall–Kier alpha value is -2.65. The van der Waals surface area contributed by atoms with Gasteiger partial charge in [-0.15, -0.1) is 0 Å². The van der Waals surface area contributed by atoms with Crippen LogP contribution >= 0.6 is 11.6 Å². The largest absolute Gasteiger partial charge is 0.302 e. The van der Waals surface area contributed by atoms with Gasteiger partial charge >= 0.3 is 0 Å². The summed E-state index contributed by atoms with van der Waals surface area (Å²) < 4.78 is 13.4. The SMILES string of the molecule is CC1(c2ccc(Cl)cc2)CC(C)(C)N(C(=O)c2ccc(F)cc2)c2ccccc21. The van der Waals surface area contributed by atoms with Crippen LogP contribution in [0.3, 0.4) is 0 Å². The van der Waals surface area contributed by atoms with Crippen LogP contribution in [0.2, 0.25) is 5.02 Å². The summed E-state index contributed by atoms with van der Waals surface area (Å²) in [6.07, 6.45) is 0.742. The van der Waals surface area contributed by atoms with Gasteiger partial charge in [0.15, 0.2) is 0 Å². The molecule has 1 unspecified atom stereocenters. The van der Waals surface area contributed by atoms with Crippen LogP contribution in [-0.2, 0) is 5.41 Å². The molecule has 4 rings (SSSR count). The summed E-state index contributed by atoms with van der Waals surface area (Å²) in [7, 11) is 0. The fraction of sp³-hybridized carbons (Fsp3) is 0.240. The number of halogens is 2. The van der Waals surface area contributed by atoms with Gasteiger partial charge in [0.05, 0.1) is 0 Å². The van der Waals surface area contributed by atoms with Crippen LogP contribution in [0.5, 0.6) is 0 Å². The molecule has 2 nitrogen and oxygen atoms in total. The van der Waals surface area contributed by atoms with Crippen LogP contribution in [-0.4, -0.2) is 11.4 Å². The van der Waals surface area contributed by atoms with Crippen LogP contribution < -0.4 is 4.90 Å². The van der Waals surface area contributed by atoms with Crippen molar-refractivity contribution in [1.29, 1.82) is 0 Å². The van der Waals surface area contributed by atoms with Crippen LogP contribution in [0, 0.1) is 5.82 Å². The number of para-hydroxylation sites is 1. The van der Waals surface area contributed by atoms with Gasteiger partial charge in [0.2, 0.25) is 0 Å². The van der Waals surface area contributed by atoms with Crippen LogP contribution in [0.4, 0.5) is 10.1 Å². The van der Waals surface area contributed by atoms with Crippen molar-refractivity contribution < 1.29 is 9.18 Å². The molecule has 1 aliphatic heterocycles. The standard InChI is InChI=1S/C25H23ClFNO/c1-24(2)16-25(3,18-10-12-19(26)13-11-18)21-6-4-5-7-22(21)28(24)23(29)17-8-14-20(27)15-9-17/h4-15H,16H2,1-3H3. The number of hydrogen-bond acceptors (Lipinski definition) is 1. The fourth-order valence-corrected chi connectivity index (χ4v) is 4.81. The number of hydrogen-bond donors (Lipinski definition) is 0. The minimum atomic E-state index is -0.450. The Morgan fingerprint density at radius 2 is 1.55 bits per heavy atom. The molecule has 1 atom stereocenters. The lowest BCUT2D eigenvalue weighted by Crippen LogP contribution is -2.55. The van der Waals surface area contributed by atoms with Crippen molar-refractivity contribution in [3.05, 3.63) is 100 Å². The van der Waals surface area contributed by atoms with E-state index in [1.54, 1.807) is 12.1 Å². The number of carbonyl (C=O) groups excluding carboxylic acids is 1. The third kappa shape index (κ3) is 3.34. The lowest BCUT2D eigenvalue weighted by molar-refractivity contribution is 0.0948. The summed E-state index contributed by atoms with van der Waals surface area (Å²) >= 11 is 6.12. The van der Waals surface area contributed by atoms with Crippen molar-refractivity contribution in [2.24, 2.45) is 0 Å². The molecule has 148 valence electrons. The highest BCUT2D eigenvalue weighted by Crippen LogP contribution is 2.50. The van der Waals surface area contributed by atoms with Crippen molar-refractivity contribution in [3.63, 3.8) is 0 Å². The van der Waals surface area contributed by atoms with Gasteiger partial charge in [0.1, 0.15) is 5.82 Å². The van der Waals surface area contributed by atoms with Gasteiger partial charge in [-0.05, 0) is 73.9 Å². The molecule has 0 aromatic heterocycles. The maximum atomic E-state index is 13.5. The average molecular weight is 408 g/mol. The maximum Gasteiger partial charge on any atom is 0.258 e. The second-order valence-corrected chi connectivity index (χ2v) is 8.93. The summed E-state index contributed by atoms with van der Waals surface area (Å²) in [6, 6.07) is 21.7. The van der Waals surface area contributed by atoms with E-state index in [4.69, 9.17) is 11.6 Å². The van der Waals surface area contributed by atoms with E-state index >= 15 is 0 Å². The van der Waals surface area contributed by atoms with Crippen molar-refractivity contribution in [2.75, 3.05) is 4.90 Å². The Morgan fingerprint density at radius 3 is 2.21 bits per heavy atom. The van der Waals surface area contributed by atoms with Gasteiger partial charge in [-0.1, -0.05) is 48.9 Å². The summed E-state index contributed by atoms with van der Waals surface area (Å²) in [5.41, 5.74) is 2.90. The zero-order chi connectivity index (χ0) is 20.8. The van der Waals surface area contributed by atoms with Gasteiger partial charge in [-0.2, -0.15) is 0 Å². The van der Waals surface area contributed by atoms with Gasteiger partial charge in [-0.25, -0.2) is 4.39 Å². The number of fused-ring (bicyclic) bond motifs is 1. The van der Waals surface area contributed by atoms with Crippen molar-refractivity contribution in [1.82, 2.24) is 0 Å². The zero-order valence-corrected chi connectivity index (χ0v) is 17.5. The van der Waals surface area contributed by atoms with Crippen LogP contribution in [0.1, 0.15) is 48.7 Å². The number of benzene rings is 3. The number of anilines is 1. The Labute approximate surface area is 175 Å². The summed E-state index contributed by atoms with van der Waals surface area (Å²) in [6.45, 7) is 6.38. The maximum absolute atomic E-state index is 13.5. The molecule has 1 heterocycles. The van der Waals surface area contributed by atoms with Crippen molar-refractivity contribution >= 4 is 23.2 Å². The first-order valence-electron chi connectivity index (χ1n) is 9.68. The Kier molecular flexibility index (Phi) is 4.74. The first kappa shape index (κ1) is 19.7. The summed E-state index contributed by atoms with van der Waals surface area (Å²) in [5.74, 6) is -0.476. The van der Waals surface area contributed by atoms with E-state index in [1.807, 2.05) is 35.2 Å². The predicted molar refractivity (Wildman–Crippen MR) is 116 cm³/mol. The molecule has 3 aromatic carbocycles. The quantitative estimate of drug-likeness (QED) is 0.467. The number of rotatable bonds is 2. The predicted octanol–water partition coefficient (Wildman–Crippen LogP) is 6.61. The highest BCUT2D eigenvalue weighted by Gasteiger charge is 2.47. The van der Waals surface area contributed by atoms with Crippen LogP contribution in [0.25, 0.3) is 0 Å².